The van der Waals surface area contributed by atoms with Crippen LogP contribution in [0.5, 0.6) is 0 Å². The molecule has 17 heavy (non-hydrogen) atoms. The molecule has 0 saturated carbocycles. The summed E-state index contributed by atoms with van der Waals surface area (Å²) in [4.78, 5) is 11.5. The summed E-state index contributed by atoms with van der Waals surface area (Å²) in [6.45, 7) is 4.56. The average molecular weight is 235 g/mol. The Balaban J connectivity index is 2.36. The molecule has 0 fully saturated rings. The molecule has 1 amide bonds. The summed E-state index contributed by atoms with van der Waals surface area (Å²) in [5, 5.41) is 2.96. The first-order valence-corrected chi connectivity index (χ1v) is 5.95. The molecule has 1 rings (SSSR count). The normalized spacial score (nSPS) is 12.2. The summed E-state index contributed by atoms with van der Waals surface area (Å²) in [7, 11) is 1.60. The molecular weight excluding hydrogens is 214 g/mol. The Morgan fingerprint density at radius 1 is 1.35 bits per heavy atom. The van der Waals surface area contributed by atoms with Crippen molar-refractivity contribution in [3.8, 4) is 0 Å². The maximum absolute atomic E-state index is 11.5. The fourth-order valence-corrected chi connectivity index (χ4v) is 1.67. The van der Waals surface area contributed by atoms with Gasteiger partial charge in [-0.15, -0.1) is 0 Å². The van der Waals surface area contributed by atoms with Gasteiger partial charge in [-0.3, -0.25) is 4.79 Å². The average Bonchev–Trinajstić information content (AvgIpc) is 2.29. The minimum Gasteiger partial charge on any atom is -0.384 e. The Morgan fingerprint density at radius 3 is 2.59 bits per heavy atom. The number of rotatable bonds is 6. The number of nitrogens with one attached hydrogen (secondary N) is 1. The second-order valence-electron chi connectivity index (χ2n) is 4.40. The Morgan fingerprint density at radius 2 is 2.00 bits per heavy atom. The largest absolute Gasteiger partial charge is 0.384 e. The van der Waals surface area contributed by atoms with Gasteiger partial charge in [-0.25, -0.2) is 0 Å². The van der Waals surface area contributed by atoms with E-state index < -0.39 is 0 Å². The number of hydrogen-bond donors (Lipinski definition) is 1. The Labute approximate surface area is 103 Å². The minimum atomic E-state index is 0.0476. The number of benzene rings is 1. The van der Waals surface area contributed by atoms with Crippen molar-refractivity contribution in [1.82, 2.24) is 5.32 Å². The van der Waals surface area contributed by atoms with Crippen molar-refractivity contribution in [2.45, 2.75) is 32.7 Å². The van der Waals surface area contributed by atoms with Crippen LogP contribution in [-0.4, -0.2) is 25.7 Å². The molecule has 0 radical (unpaired) electrons. The lowest BCUT2D eigenvalue weighted by Crippen LogP contribution is -2.34. The zero-order valence-corrected chi connectivity index (χ0v) is 10.8. The van der Waals surface area contributed by atoms with Crippen LogP contribution in [0, 0.1) is 6.92 Å². The number of carbonyl (C=O) groups is 1. The van der Waals surface area contributed by atoms with E-state index in [0.717, 1.165) is 6.42 Å². The van der Waals surface area contributed by atoms with Crippen LogP contribution in [0.1, 0.15) is 24.5 Å². The summed E-state index contributed by atoms with van der Waals surface area (Å²) in [6, 6.07) is 8.55. The van der Waals surface area contributed by atoms with Crippen molar-refractivity contribution in [2.75, 3.05) is 13.7 Å². The Hall–Kier alpha value is -1.35. The van der Waals surface area contributed by atoms with Gasteiger partial charge in [-0.05, 0) is 25.8 Å². The molecule has 3 heteroatoms. The van der Waals surface area contributed by atoms with Crippen LogP contribution < -0.4 is 5.32 Å². The molecule has 0 unspecified atom stereocenters. The molecule has 0 spiro atoms. The van der Waals surface area contributed by atoms with Crippen LogP contribution in [0.15, 0.2) is 24.3 Å². The molecule has 0 aliphatic carbocycles. The third-order valence-corrected chi connectivity index (χ3v) is 2.60. The van der Waals surface area contributed by atoms with Gasteiger partial charge in [0.15, 0.2) is 0 Å². The van der Waals surface area contributed by atoms with E-state index in [2.05, 4.69) is 36.5 Å². The SMILES string of the molecule is COCCC(=O)N[C@H](C)Cc1ccc(C)cc1. The molecule has 0 aliphatic rings. The van der Waals surface area contributed by atoms with Crippen LogP contribution in [0.4, 0.5) is 0 Å². The number of hydrogen-bond acceptors (Lipinski definition) is 2. The zero-order chi connectivity index (χ0) is 12.7. The summed E-state index contributed by atoms with van der Waals surface area (Å²) >= 11 is 0. The highest BCUT2D eigenvalue weighted by Gasteiger charge is 2.07. The van der Waals surface area contributed by atoms with Crippen LogP contribution >= 0.6 is 0 Å². The molecule has 0 heterocycles. The van der Waals surface area contributed by atoms with Crippen LogP contribution in [0.2, 0.25) is 0 Å². The quantitative estimate of drug-likeness (QED) is 0.820. The van der Waals surface area contributed by atoms with Gasteiger partial charge in [0.05, 0.1) is 6.61 Å². The van der Waals surface area contributed by atoms with Gasteiger partial charge in [0, 0.05) is 19.6 Å². The number of ether oxygens (including phenoxy) is 1. The lowest BCUT2D eigenvalue weighted by Gasteiger charge is -2.14. The second kappa shape index (κ2) is 7.07. The first-order valence-electron chi connectivity index (χ1n) is 5.95. The second-order valence-corrected chi connectivity index (χ2v) is 4.40. The topological polar surface area (TPSA) is 38.3 Å². The van der Waals surface area contributed by atoms with Gasteiger partial charge in [0.25, 0.3) is 0 Å². The van der Waals surface area contributed by atoms with E-state index in [1.165, 1.54) is 11.1 Å². The summed E-state index contributed by atoms with van der Waals surface area (Å²) in [6.07, 6.45) is 1.29. The molecular formula is C14H21NO2. The predicted octanol–water partition coefficient (Wildman–Crippen LogP) is 2.08. The standard InChI is InChI=1S/C14H21NO2/c1-11-4-6-13(7-5-11)10-12(2)15-14(16)8-9-17-3/h4-7,12H,8-10H2,1-3H3,(H,15,16)/t12-/m1/s1. The molecule has 1 N–H and O–H groups in total. The third kappa shape index (κ3) is 5.50. The molecule has 0 aromatic heterocycles. The van der Waals surface area contributed by atoms with Gasteiger partial charge >= 0.3 is 0 Å². The highest BCUT2D eigenvalue weighted by atomic mass is 16.5. The molecule has 1 aromatic rings. The van der Waals surface area contributed by atoms with Gasteiger partial charge in [-0.1, -0.05) is 29.8 Å². The van der Waals surface area contributed by atoms with Crippen molar-refractivity contribution in [2.24, 2.45) is 0 Å². The van der Waals surface area contributed by atoms with E-state index >= 15 is 0 Å². The van der Waals surface area contributed by atoms with Crippen LogP contribution in [-0.2, 0) is 16.0 Å². The summed E-state index contributed by atoms with van der Waals surface area (Å²) in [5.74, 6) is 0.0476. The van der Waals surface area contributed by atoms with Crippen molar-refractivity contribution in [3.05, 3.63) is 35.4 Å². The smallest absolute Gasteiger partial charge is 0.222 e. The molecule has 0 bridgehead atoms. The maximum atomic E-state index is 11.5. The van der Waals surface area contributed by atoms with Crippen molar-refractivity contribution >= 4 is 5.91 Å². The maximum Gasteiger partial charge on any atom is 0.222 e. The number of aryl methyl sites for hydroxylation is 1. The lowest BCUT2D eigenvalue weighted by atomic mass is 10.1. The summed E-state index contributed by atoms with van der Waals surface area (Å²) in [5.41, 5.74) is 2.50. The summed E-state index contributed by atoms with van der Waals surface area (Å²) < 4.78 is 4.86. The highest BCUT2D eigenvalue weighted by molar-refractivity contribution is 5.76. The molecule has 3 nitrogen and oxygen atoms in total. The molecule has 0 aliphatic heterocycles. The molecule has 94 valence electrons. The Bertz CT molecular complexity index is 346. The lowest BCUT2D eigenvalue weighted by molar-refractivity contribution is -0.122. The fraction of sp³-hybridized carbons (Fsp3) is 0.500. The van der Waals surface area contributed by atoms with Crippen molar-refractivity contribution in [1.29, 1.82) is 0 Å². The fourth-order valence-electron chi connectivity index (χ4n) is 1.67. The van der Waals surface area contributed by atoms with Gasteiger partial charge < -0.3 is 10.1 Å². The minimum absolute atomic E-state index is 0.0476. The predicted molar refractivity (Wildman–Crippen MR) is 69.0 cm³/mol. The van der Waals surface area contributed by atoms with E-state index in [1.54, 1.807) is 7.11 Å². The highest BCUT2D eigenvalue weighted by Crippen LogP contribution is 2.06. The van der Waals surface area contributed by atoms with Gasteiger partial charge in [0.2, 0.25) is 5.91 Å². The van der Waals surface area contributed by atoms with E-state index in [9.17, 15) is 4.79 Å². The van der Waals surface area contributed by atoms with Crippen molar-refractivity contribution in [3.63, 3.8) is 0 Å². The van der Waals surface area contributed by atoms with Crippen LogP contribution in [0.3, 0.4) is 0 Å². The molecule has 1 aromatic carbocycles. The number of amides is 1. The number of methoxy groups -OCH3 is 1. The molecule has 0 saturated heterocycles. The first kappa shape index (κ1) is 13.7. The van der Waals surface area contributed by atoms with Gasteiger partial charge in [0.1, 0.15) is 0 Å². The van der Waals surface area contributed by atoms with E-state index in [1.807, 2.05) is 6.92 Å². The van der Waals surface area contributed by atoms with Crippen molar-refractivity contribution < 1.29 is 9.53 Å². The van der Waals surface area contributed by atoms with E-state index in [-0.39, 0.29) is 11.9 Å². The monoisotopic (exact) mass is 235 g/mol. The number of carbonyl (C=O) groups excluding carboxylic acids is 1. The van der Waals surface area contributed by atoms with E-state index in [0.29, 0.717) is 13.0 Å². The first-order chi connectivity index (χ1) is 8.11. The van der Waals surface area contributed by atoms with Gasteiger partial charge in [-0.2, -0.15) is 0 Å². The van der Waals surface area contributed by atoms with E-state index in [4.69, 9.17) is 4.74 Å². The molecule has 1 atom stereocenters. The van der Waals surface area contributed by atoms with Crippen LogP contribution in [0.25, 0.3) is 0 Å². The Kier molecular flexibility index (Phi) is 5.70. The third-order valence-electron chi connectivity index (χ3n) is 2.60. The zero-order valence-electron chi connectivity index (χ0n) is 10.8.